The molecule has 214 valence electrons. The van der Waals surface area contributed by atoms with Gasteiger partial charge in [0.25, 0.3) is 0 Å². The summed E-state index contributed by atoms with van der Waals surface area (Å²) in [6.07, 6.45) is 9.54. The first kappa shape index (κ1) is 27.1. The Morgan fingerprint density at radius 2 is 1.55 bits per heavy atom. The highest BCUT2D eigenvalue weighted by Gasteiger charge is 2.74. The number of rotatable bonds is 4. The summed E-state index contributed by atoms with van der Waals surface area (Å²) in [7, 11) is 0. The number of ether oxygens (including phenoxy) is 2. The molecule has 6 aliphatic rings. The van der Waals surface area contributed by atoms with Gasteiger partial charge in [0, 0.05) is 6.92 Å². The highest BCUT2D eigenvalue weighted by molar-refractivity contribution is 5.76. The molecule has 0 radical (unpaired) electrons. The number of hydrogen-bond acceptors (Lipinski definition) is 5. The Hall–Kier alpha value is -1.14. The number of carboxylic acids is 1. The van der Waals surface area contributed by atoms with Gasteiger partial charge in [-0.2, -0.15) is 0 Å². The number of aliphatic carboxylic acids is 1. The molecule has 0 aromatic carbocycles. The molecule has 38 heavy (non-hydrogen) atoms. The van der Waals surface area contributed by atoms with Gasteiger partial charge >= 0.3 is 11.9 Å². The Morgan fingerprint density at radius 3 is 2.18 bits per heavy atom. The van der Waals surface area contributed by atoms with Crippen LogP contribution in [0.15, 0.2) is 0 Å². The molecule has 0 amide bonds. The lowest BCUT2D eigenvalue weighted by molar-refractivity contribution is -0.250. The summed E-state index contributed by atoms with van der Waals surface area (Å²) in [4.78, 5) is 24.7. The van der Waals surface area contributed by atoms with Crippen LogP contribution in [-0.4, -0.2) is 47.1 Å². The maximum atomic E-state index is 13.0. The third kappa shape index (κ3) is 3.25. The lowest BCUT2D eigenvalue weighted by Crippen LogP contribution is -2.67. The molecule has 6 fully saturated rings. The zero-order valence-corrected chi connectivity index (χ0v) is 24.5. The highest BCUT2D eigenvalue weighted by Crippen LogP contribution is 2.78. The molecule has 0 bridgehead atoms. The minimum absolute atomic E-state index is 0.0599. The first-order chi connectivity index (χ1) is 17.7. The van der Waals surface area contributed by atoms with Crippen LogP contribution in [0, 0.1) is 56.7 Å². The van der Waals surface area contributed by atoms with Gasteiger partial charge in [0.15, 0.2) is 0 Å². The maximum absolute atomic E-state index is 13.0. The molecule has 2 N–H and O–H groups in total. The van der Waals surface area contributed by atoms with Crippen molar-refractivity contribution in [3.8, 4) is 0 Å². The van der Waals surface area contributed by atoms with Crippen LogP contribution in [0.2, 0.25) is 0 Å². The number of carbonyl (C=O) groups excluding carboxylic acids is 1. The van der Waals surface area contributed by atoms with Crippen molar-refractivity contribution >= 4 is 11.9 Å². The van der Waals surface area contributed by atoms with Crippen molar-refractivity contribution in [2.75, 3.05) is 13.2 Å². The van der Waals surface area contributed by atoms with Gasteiger partial charge in [-0.05, 0) is 115 Å². The molecule has 1 aliphatic heterocycles. The molecule has 5 unspecified atom stereocenters. The second kappa shape index (κ2) is 8.21. The molecule has 0 spiro atoms. The van der Waals surface area contributed by atoms with Gasteiger partial charge in [-0.25, -0.2) is 0 Å². The Morgan fingerprint density at radius 1 is 0.842 bits per heavy atom. The van der Waals surface area contributed by atoms with E-state index in [4.69, 9.17) is 9.47 Å². The summed E-state index contributed by atoms with van der Waals surface area (Å²) in [6, 6.07) is 0. The minimum atomic E-state index is -0.689. The summed E-state index contributed by atoms with van der Waals surface area (Å²) in [5, 5.41) is 21.7. The molecule has 6 heteroatoms. The topological polar surface area (TPSA) is 96.4 Å². The Balaban J connectivity index is 1.38. The fourth-order valence-corrected chi connectivity index (χ4v) is 12.3. The first-order valence-corrected chi connectivity index (χ1v) is 15.4. The molecular formula is C32H50O6. The summed E-state index contributed by atoms with van der Waals surface area (Å²) in [5.41, 5.74) is -0.850. The Bertz CT molecular complexity index is 1020. The fraction of sp³-hybridized carbons (Fsp3) is 0.938. The minimum Gasteiger partial charge on any atom is -0.481 e. The molecule has 6 rings (SSSR count). The highest BCUT2D eigenvalue weighted by atomic mass is 16.6. The SMILES string of the molecule is CC(=O)OCC1([C@@H]2CC[C@]3(C(=O)O)CC[C@]4(C)C(CCC5[C@@]6(C)CC[C@@H](O)C(C)(C)C6CC[C@]54C)C23)CO1. The van der Waals surface area contributed by atoms with E-state index in [1.54, 1.807) is 0 Å². The molecule has 5 saturated carbocycles. The predicted octanol–water partition coefficient (Wildman–Crippen LogP) is 5.85. The van der Waals surface area contributed by atoms with Crippen LogP contribution < -0.4 is 0 Å². The number of aliphatic hydroxyl groups excluding tert-OH is 1. The van der Waals surface area contributed by atoms with Crippen molar-refractivity contribution in [3.05, 3.63) is 0 Å². The summed E-state index contributed by atoms with van der Waals surface area (Å²) >= 11 is 0. The third-order valence-electron chi connectivity index (χ3n) is 14.5. The number of esters is 1. The van der Waals surface area contributed by atoms with E-state index >= 15 is 0 Å². The Kier molecular flexibility index (Phi) is 5.84. The Labute approximate surface area is 228 Å². The van der Waals surface area contributed by atoms with Gasteiger partial charge < -0.3 is 19.7 Å². The largest absolute Gasteiger partial charge is 0.481 e. The standard InChI is InChI=1S/C32H50O6/c1-19(33)37-17-32(18-38-32)21-9-14-31(26(35)36)16-15-29(5)20(25(21)31)7-8-23-28(4)12-11-24(34)27(2,3)22(28)10-13-30(23,29)6/h20-25,34H,7-18H2,1-6H3,(H,35,36)/t20?,21-,22?,23?,24-,25?,28+,29-,30-,31+,32?/m1/s1. The summed E-state index contributed by atoms with van der Waals surface area (Å²) in [5.74, 6) is 0.705. The van der Waals surface area contributed by atoms with Crippen LogP contribution in [-0.2, 0) is 19.1 Å². The van der Waals surface area contributed by atoms with E-state index in [1.165, 1.54) is 6.92 Å². The average Bonchev–Trinajstić information content (AvgIpc) is 3.52. The third-order valence-corrected chi connectivity index (χ3v) is 14.5. The molecule has 6 nitrogen and oxygen atoms in total. The molecule has 5 aliphatic carbocycles. The van der Waals surface area contributed by atoms with Crippen molar-refractivity contribution in [1.82, 2.24) is 0 Å². The number of epoxide rings is 1. The molecule has 1 heterocycles. The van der Waals surface area contributed by atoms with E-state index in [2.05, 4.69) is 34.6 Å². The number of hydrogen-bond donors (Lipinski definition) is 2. The lowest BCUT2D eigenvalue weighted by atomic mass is 9.32. The quantitative estimate of drug-likeness (QED) is 0.350. The van der Waals surface area contributed by atoms with Crippen LogP contribution in [0.5, 0.6) is 0 Å². The monoisotopic (exact) mass is 530 g/mol. The van der Waals surface area contributed by atoms with Crippen molar-refractivity contribution in [1.29, 1.82) is 0 Å². The second-order valence-corrected chi connectivity index (χ2v) is 15.8. The molecule has 0 aromatic rings. The summed E-state index contributed by atoms with van der Waals surface area (Å²) in [6.45, 7) is 14.4. The smallest absolute Gasteiger partial charge is 0.309 e. The fourth-order valence-electron chi connectivity index (χ4n) is 12.3. The van der Waals surface area contributed by atoms with Gasteiger partial charge in [0.1, 0.15) is 12.2 Å². The lowest BCUT2D eigenvalue weighted by Gasteiger charge is -2.72. The van der Waals surface area contributed by atoms with Crippen LogP contribution >= 0.6 is 0 Å². The zero-order chi connectivity index (χ0) is 27.5. The van der Waals surface area contributed by atoms with Crippen molar-refractivity contribution in [2.24, 2.45) is 56.7 Å². The van der Waals surface area contributed by atoms with Crippen molar-refractivity contribution < 1.29 is 29.3 Å². The van der Waals surface area contributed by atoms with Crippen molar-refractivity contribution in [3.63, 3.8) is 0 Å². The van der Waals surface area contributed by atoms with Gasteiger partial charge in [0.05, 0.1) is 18.1 Å². The van der Waals surface area contributed by atoms with E-state index in [1.807, 2.05) is 0 Å². The maximum Gasteiger partial charge on any atom is 0.309 e. The molecule has 1 saturated heterocycles. The molecule has 11 atom stereocenters. The molecular weight excluding hydrogens is 480 g/mol. The molecule has 0 aromatic heterocycles. The number of fused-ring (bicyclic) bond motifs is 7. The number of carbonyl (C=O) groups is 2. The van der Waals surface area contributed by atoms with Gasteiger partial charge in [-0.3, -0.25) is 9.59 Å². The van der Waals surface area contributed by atoms with Gasteiger partial charge in [-0.15, -0.1) is 0 Å². The zero-order valence-electron chi connectivity index (χ0n) is 24.5. The predicted molar refractivity (Wildman–Crippen MR) is 143 cm³/mol. The first-order valence-electron chi connectivity index (χ1n) is 15.4. The van der Waals surface area contributed by atoms with E-state index < -0.39 is 17.0 Å². The van der Waals surface area contributed by atoms with Crippen LogP contribution in [0.3, 0.4) is 0 Å². The van der Waals surface area contributed by atoms with Crippen LogP contribution in [0.4, 0.5) is 0 Å². The van der Waals surface area contributed by atoms with E-state index in [0.717, 1.165) is 57.8 Å². The van der Waals surface area contributed by atoms with E-state index in [9.17, 15) is 19.8 Å². The van der Waals surface area contributed by atoms with E-state index in [0.29, 0.717) is 30.8 Å². The van der Waals surface area contributed by atoms with Crippen LogP contribution in [0.1, 0.15) is 106 Å². The second-order valence-electron chi connectivity index (χ2n) is 15.8. The van der Waals surface area contributed by atoms with Crippen LogP contribution in [0.25, 0.3) is 0 Å². The van der Waals surface area contributed by atoms with E-state index in [-0.39, 0.29) is 52.2 Å². The van der Waals surface area contributed by atoms with Gasteiger partial charge in [-0.1, -0.05) is 34.6 Å². The summed E-state index contributed by atoms with van der Waals surface area (Å²) < 4.78 is 11.6. The average molecular weight is 531 g/mol. The van der Waals surface area contributed by atoms with Crippen molar-refractivity contribution in [2.45, 2.75) is 117 Å². The number of aliphatic hydroxyl groups is 1. The van der Waals surface area contributed by atoms with Gasteiger partial charge in [0.2, 0.25) is 0 Å². The number of carboxylic acid groups (broad SMARTS) is 1. The normalized spacial score (nSPS) is 54.6.